The standard InChI is InChI=1S/C20H24N2O4/c1-14-7-6-10-17(15(14)2)26-13-19(23)21-11-12-22-20(24)16-8-4-5-9-18(16)25-3/h4-10H,11-13H2,1-3H3,(H,21,23)(H,22,24). The van der Waals surface area contributed by atoms with Crippen LogP contribution >= 0.6 is 0 Å². The van der Waals surface area contributed by atoms with Crippen LogP contribution in [0, 0.1) is 13.8 Å². The van der Waals surface area contributed by atoms with E-state index in [-0.39, 0.29) is 18.4 Å². The summed E-state index contributed by atoms with van der Waals surface area (Å²) in [5.41, 5.74) is 2.59. The Kier molecular flexibility index (Phi) is 7.02. The Bertz CT molecular complexity index is 774. The second-order valence-corrected chi connectivity index (χ2v) is 5.79. The highest BCUT2D eigenvalue weighted by Crippen LogP contribution is 2.20. The fourth-order valence-corrected chi connectivity index (χ4v) is 2.38. The van der Waals surface area contributed by atoms with Crippen molar-refractivity contribution in [1.29, 1.82) is 0 Å². The molecule has 2 rings (SSSR count). The van der Waals surface area contributed by atoms with E-state index in [4.69, 9.17) is 9.47 Å². The highest BCUT2D eigenvalue weighted by Gasteiger charge is 2.11. The molecule has 2 amide bonds. The first kappa shape index (κ1) is 19.3. The molecule has 0 bridgehead atoms. The number of hydrogen-bond donors (Lipinski definition) is 2. The maximum absolute atomic E-state index is 12.1. The molecule has 6 heteroatoms. The minimum atomic E-state index is -0.247. The second-order valence-electron chi connectivity index (χ2n) is 5.79. The van der Waals surface area contributed by atoms with Crippen LogP contribution in [0.4, 0.5) is 0 Å². The van der Waals surface area contributed by atoms with E-state index in [1.54, 1.807) is 24.3 Å². The van der Waals surface area contributed by atoms with Gasteiger partial charge in [0.15, 0.2) is 6.61 Å². The summed E-state index contributed by atoms with van der Waals surface area (Å²) in [6.45, 7) is 4.51. The van der Waals surface area contributed by atoms with Gasteiger partial charge in [-0.15, -0.1) is 0 Å². The van der Waals surface area contributed by atoms with Crippen molar-refractivity contribution < 1.29 is 19.1 Å². The van der Waals surface area contributed by atoms with Gasteiger partial charge in [0.05, 0.1) is 12.7 Å². The fraction of sp³-hybridized carbons (Fsp3) is 0.300. The zero-order chi connectivity index (χ0) is 18.9. The second kappa shape index (κ2) is 9.46. The van der Waals surface area contributed by atoms with Crippen molar-refractivity contribution in [2.24, 2.45) is 0 Å². The average Bonchev–Trinajstić information content (AvgIpc) is 2.66. The van der Waals surface area contributed by atoms with Gasteiger partial charge < -0.3 is 20.1 Å². The van der Waals surface area contributed by atoms with E-state index in [0.717, 1.165) is 11.1 Å². The molecule has 0 spiro atoms. The summed E-state index contributed by atoms with van der Waals surface area (Å²) in [6, 6.07) is 12.7. The molecular formula is C20H24N2O4. The summed E-state index contributed by atoms with van der Waals surface area (Å²) < 4.78 is 10.7. The maximum atomic E-state index is 12.1. The molecule has 0 saturated heterocycles. The third-order valence-corrected chi connectivity index (χ3v) is 4.00. The van der Waals surface area contributed by atoms with Gasteiger partial charge in [-0.25, -0.2) is 0 Å². The number of amides is 2. The number of carbonyl (C=O) groups is 2. The van der Waals surface area contributed by atoms with Crippen LogP contribution in [0.3, 0.4) is 0 Å². The Balaban J connectivity index is 1.71. The molecule has 0 aliphatic rings. The van der Waals surface area contributed by atoms with Gasteiger partial charge in [0, 0.05) is 13.1 Å². The number of methoxy groups -OCH3 is 1. The average molecular weight is 356 g/mol. The molecule has 26 heavy (non-hydrogen) atoms. The predicted octanol–water partition coefficient (Wildman–Crippen LogP) is 2.24. The molecule has 0 aliphatic heterocycles. The van der Waals surface area contributed by atoms with E-state index in [0.29, 0.717) is 30.2 Å². The topological polar surface area (TPSA) is 76.7 Å². The van der Waals surface area contributed by atoms with Gasteiger partial charge >= 0.3 is 0 Å². The SMILES string of the molecule is COc1ccccc1C(=O)NCCNC(=O)COc1cccc(C)c1C. The van der Waals surface area contributed by atoms with Crippen LogP contribution < -0.4 is 20.1 Å². The number of para-hydroxylation sites is 1. The van der Waals surface area contributed by atoms with Crippen LogP contribution in [0.5, 0.6) is 11.5 Å². The van der Waals surface area contributed by atoms with Crippen molar-refractivity contribution in [2.75, 3.05) is 26.8 Å². The molecule has 0 aromatic heterocycles. The number of rotatable bonds is 8. The minimum absolute atomic E-state index is 0.0647. The predicted molar refractivity (Wildman–Crippen MR) is 99.7 cm³/mol. The van der Waals surface area contributed by atoms with Crippen LogP contribution in [0.15, 0.2) is 42.5 Å². The van der Waals surface area contributed by atoms with E-state index in [1.807, 2.05) is 32.0 Å². The zero-order valence-electron chi connectivity index (χ0n) is 15.3. The van der Waals surface area contributed by atoms with Crippen molar-refractivity contribution in [1.82, 2.24) is 10.6 Å². The summed E-state index contributed by atoms with van der Waals surface area (Å²) in [7, 11) is 1.52. The van der Waals surface area contributed by atoms with Crippen LogP contribution in [0.1, 0.15) is 21.5 Å². The summed E-state index contributed by atoms with van der Waals surface area (Å²) in [6.07, 6.45) is 0. The summed E-state index contributed by atoms with van der Waals surface area (Å²) >= 11 is 0. The van der Waals surface area contributed by atoms with Gasteiger partial charge in [0.25, 0.3) is 11.8 Å². The van der Waals surface area contributed by atoms with Gasteiger partial charge in [0.1, 0.15) is 11.5 Å². The summed E-state index contributed by atoms with van der Waals surface area (Å²) in [5, 5.41) is 5.46. The maximum Gasteiger partial charge on any atom is 0.258 e. The van der Waals surface area contributed by atoms with Gasteiger partial charge in [0.2, 0.25) is 0 Å². The van der Waals surface area contributed by atoms with Crippen LogP contribution in [0.25, 0.3) is 0 Å². The number of aryl methyl sites for hydroxylation is 1. The molecular weight excluding hydrogens is 332 g/mol. The molecule has 0 aliphatic carbocycles. The first-order valence-electron chi connectivity index (χ1n) is 8.40. The normalized spacial score (nSPS) is 10.1. The molecule has 0 atom stereocenters. The Labute approximate surface area is 153 Å². The van der Waals surface area contributed by atoms with Crippen molar-refractivity contribution in [3.8, 4) is 11.5 Å². The first-order chi connectivity index (χ1) is 12.5. The van der Waals surface area contributed by atoms with E-state index in [9.17, 15) is 9.59 Å². The largest absolute Gasteiger partial charge is 0.496 e. The molecule has 0 saturated carbocycles. The number of benzene rings is 2. The van der Waals surface area contributed by atoms with Crippen LogP contribution in [-0.4, -0.2) is 38.6 Å². The molecule has 0 fully saturated rings. The van der Waals surface area contributed by atoms with Crippen molar-refractivity contribution in [3.05, 3.63) is 59.2 Å². The molecule has 138 valence electrons. The smallest absolute Gasteiger partial charge is 0.258 e. The highest BCUT2D eigenvalue weighted by atomic mass is 16.5. The Hall–Kier alpha value is -3.02. The van der Waals surface area contributed by atoms with Crippen molar-refractivity contribution in [3.63, 3.8) is 0 Å². The third kappa shape index (κ3) is 5.24. The number of carbonyl (C=O) groups excluding carboxylic acids is 2. The number of nitrogens with one attached hydrogen (secondary N) is 2. The monoisotopic (exact) mass is 356 g/mol. The lowest BCUT2D eigenvalue weighted by Gasteiger charge is -2.12. The molecule has 0 heterocycles. The van der Waals surface area contributed by atoms with Gasteiger partial charge in [-0.1, -0.05) is 24.3 Å². The lowest BCUT2D eigenvalue weighted by atomic mass is 10.1. The molecule has 2 aromatic rings. The zero-order valence-corrected chi connectivity index (χ0v) is 15.3. The Morgan fingerprint density at radius 1 is 0.923 bits per heavy atom. The van der Waals surface area contributed by atoms with Gasteiger partial charge in [-0.05, 0) is 43.2 Å². The van der Waals surface area contributed by atoms with Gasteiger partial charge in [-0.2, -0.15) is 0 Å². The Morgan fingerprint density at radius 3 is 2.38 bits per heavy atom. The van der Waals surface area contributed by atoms with E-state index < -0.39 is 0 Å². The van der Waals surface area contributed by atoms with Crippen molar-refractivity contribution >= 4 is 11.8 Å². The van der Waals surface area contributed by atoms with Crippen molar-refractivity contribution in [2.45, 2.75) is 13.8 Å². The molecule has 2 N–H and O–H groups in total. The van der Waals surface area contributed by atoms with Gasteiger partial charge in [-0.3, -0.25) is 9.59 Å². The quantitative estimate of drug-likeness (QED) is 0.711. The van der Waals surface area contributed by atoms with Crippen LogP contribution in [-0.2, 0) is 4.79 Å². The van der Waals surface area contributed by atoms with E-state index in [1.165, 1.54) is 7.11 Å². The summed E-state index contributed by atoms with van der Waals surface area (Å²) in [5.74, 6) is 0.723. The Morgan fingerprint density at radius 2 is 1.62 bits per heavy atom. The number of ether oxygens (including phenoxy) is 2. The molecule has 0 radical (unpaired) electrons. The number of hydrogen-bond acceptors (Lipinski definition) is 4. The molecule has 2 aromatic carbocycles. The van der Waals surface area contributed by atoms with E-state index >= 15 is 0 Å². The lowest BCUT2D eigenvalue weighted by Crippen LogP contribution is -2.36. The minimum Gasteiger partial charge on any atom is -0.496 e. The lowest BCUT2D eigenvalue weighted by molar-refractivity contribution is -0.123. The molecule has 6 nitrogen and oxygen atoms in total. The van der Waals surface area contributed by atoms with E-state index in [2.05, 4.69) is 10.6 Å². The first-order valence-corrected chi connectivity index (χ1v) is 8.40. The third-order valence-electron chi connectivity index (χ3n) is 4.00. The molecule has 0 unspecified atom stereocenters. The fourth-order valence-electron chi connectivity index (χ4n) is 2.38. The van der Waals surface area contributed by atoms with Crippen LogP contribution in [0.2, 0.25) is 0 Å². The highest BCUT2D eigenvalue weighted by molar-refractivity contribution is 5.96. The summed E-state index contributed by atoms with van der Waals surface area (Å²) in [4.78, 5) is 24.0.